The maximum atomic E-state index is 10.1. The zero-order valence-corrected chi connectivity index (χ0v) is 60.2. The van der Waals surface area contributed by atoms with Crippen LogP contribution in [0.4, 0.5) is 0 Å². The number of aromatic nitrogens is 8. The van der Waals surface area contributed by atoms with Crippen molar-refractivity contribution >= 4 is 175 Å². The summed E-state index contributed by atoms with van der Waals surface area (Å²) in [4.78, 5) is 21.9. The molecule has 0 saturated heterocycles. The molecule has 0 atom stereocenters. The molecular formula is C85H62ClN8NaOS3. The largest absolute Gasteiger partial charge is 1.00 e. The number of thiol groups is 1. The fraction of sp³-hybridized carbons (Fsp3) is 0.0588. The van der Waals surface area contributed by atoms with Crippen molar-refractivity contribution < 1.29 is 34.7 Å². The number of H-pyrrole nitrogens is 1. The van der Waals surface area contributed by atoms with Crippen molar-refractivity contribution in [2.24, 2.45) is 0 Å². The van der Waals surface area contributed by atoms with Gasteiger partial charge in [-0.15, -0.1) is 28.3 Å². The molecule has 0 fully saturated rings. The monoisotopic (exact) mass is 1360 g/mol. The van der Waals surface area contributed by atoms with Crippen LogP contribution in [-0.4, -0.2) is 50.5 Å². The van der Waals surface area contributed by atoms with Crippen molar-refractivity contribution in [1.82, 2.24) is 38.6 Å². The minimum absolute atomic E-state index is 0. The molecule has 20 rings (SSSR count). The van der Waals surface area contributed by atoms with Crippen LogP contribution in [0.5, 0.6) is 0 Å². The molecule has 0 aliphatic carbocycles. The Balaban J connectivity index is 0.000000128. The van der Waals surface area contributed by atoms with Gasteiger partial charge in [0, 0.05) is 77.9 Å². The Hall–Kier alpha value is -9.96. The molecule has 0 spiro atoms. The predicted molar refractivity (Wildman–Crippen MR) is 419 cm³/mol. The van der Waals surface area contributed by atoms with E-state index < -0.39 is 5.60 Å². The molecule has 0 unspecified atom stereocenters. The van der Waals surface area contributed by atoms with E-state index in [9.17, 15) is 5.11 Å². The van der Waals surface area contributed by atoms with Gasteiger partial charge in [0.15, 0.2) is 0 Å². The van der Waals surface area contributed by atoms with Crippen molar-refractivity contribution in [2.75, 3.05) is 6.26 Å². The zero-order valence-electron chi connectivity index (χ0n) is 54.9. The fourth-order valence-electron chi connectivity index (χ4n) is 13.5. The summed E-state index contributed by atoms with van der Waals surface area (Å²) in [6.07, 6.45) is 5.32. The quantitative estimate of drug-likeness (QED) is 0.101. The molecule has 10 aromatic heterocycles. The summed E-state index contributed by atoms with van der Waals surface area (Å²) in [5.74, 6) is 0.905. The van der Waals surface area contributed by atoms with Crippen LogP contribution in [-0.2, 0) is 0 Å². The van der Waals surface area contributed by atoms with E-state index >= 15 is 0 Å². The van der Waals surface area contributed by atoms with Gasteiger partial charge in [0.1, 0.15) is 33.0 Å². The van der Waals surface area contributed by atoms with Gasteiger partial charge in [0.05, 0.1) is 51.9 Å². The molecular weight excluding hydrogens is 1300 g/mol. The van der Waals surface area contributed by atoms with Gasteiger partial charge in [-0.3, -0.25) is 14.5 Å². The number of nitrogens with one attached hydrogen (secondary N) is 1. The number of hydrogen-bond acceptors (Lipinski definition) is 8. The molecule has 474 valence electrons. The van der Waals surface area contributed by atoms with E-state index in [0.717, 1.165) is 57.7 Å². The summed E-state index contributed by atoms with van der Waals surface area (Å²) in [5.41, 5.74) is 19.8. The molecule has 0 aliphatic heterocycles. The number of benzene rings is 10. The van der Waals surface area contributed by atoms with Crippen molar-refractivity contribution in [3.63, 3.8) is 0 Å². The Labute approximate surface area is 611 Å². The predicted octanol–water partition coefficient (Wildman–Crippen LogP) is 20.0. The van der Waals surface area contributed by atoms with Gasteiger partial charge in [-0.05, 0) is 174 Å². The number of thiophene rings is 2. The molecule has 9 nitrogen and oxygen atoms in total. The summed E-state index contributed by atoms with van der Waals surface area (Å²) in [7, 11) is 0. The molecule has 0 amide bonds. The Kier molecular flexibility index (Phi) is 18.0. The second-order valence-corrected chi connectivity index (χ2v) is 27.4. The maximum absolute atomic E-state index is 10.1. The van der Waals surface area contributed by atoms with E-state index in [4.69, 9.17) is 16.6 Å². The van der Waals surface area contributed by atoms with Crippen LogP contribution in [0.1, 0.15) is 20.8 Å². The van der Waals surface area contributed by atoms with Gasteiger partial charge >= 0.3 is 29.6 Å². The third-order valence-corrected chi connectivity index (χ3v) is 20.0. The van der Waals surface area contributed by atoms with E-state index in [-0.39, 0.29) is 29.6 Å². The van der Waals surface area contributed by atoms with E-state index in [1.807, 2.05) is 30.5 Å². The van der Waals surface area contributed by atoms with Crippen LogP contribution in [0.25, 0.3) is 168 Å². The minimum atomic E-state index is -0.750. The standard InChI is InChI=1S/C40H24N4S.C30H20N2.C10H5ClN2S.C4H9O.CH4S.Na/c1-2-9-27(10-3-1)43-32-13-6-4-11-28(32)30-23-25(16-18-34(30)43)26-17-19-35-31(24-26)29-12-5-7-14-33(29)44(35)38-21-20-37-40(42-38)39-36(45-37)15-8-22-41-39;1-2-8-22(9-3-1)32-29-13-7-5-11-24(29)26-19-21(15-17-30(26)32)20-14-16-28-25(18-20)23-10-4-6-12-27(23)31-28;11-8-4-3-7-10(13-8)9-6(14-7)2-1-5-12-9;1-4(2,3)5;1-2;/h1-24H;1-19,31H;1-5H;1-3H3;2H,1H3;/q;;;-1;;+1. The van der Waals surface area contributed by atoms with E-state index in [0.29, 0.717) is 5.15 Å². The molecule has 99 heavy (non-hydrogen) atoms. The van der Waals surface area contributed by atoms with Crippen molar-refractivity contribution in [3.8, 4) is 39.4 Å². The Bertz CT molecular complexity index is 6380. The third-order valence-electron chi connectivity index (χ3n) is 17.5. The van der Waals surface area contributed by atoms with Crippen molar-refractivity contribution in [2.45, 2.75) is 26.4 Å². The van der Waals surface area contributed by atoms with E-state index in [1.54, 1.807) is 62.0 Å². The average Bonchev–Trinajstić information content (AvgIpc) is 1.58. The average molecular weight is 1370 g/mol. The summed E-state index contributed by atoms with van der Waals surface area (Å²) in [5, 5.41) is 20.7. The molecule has 0 saturated carbocycles. The SMILES string of the molecule is CC(C)(C)[O-].CS.Clc1ccc2sc3cccnc3c2n1.[Na+].c1ccc(-n2c3ccccc3c3cc(-c4ccc5[nH]c6ccccc6c5c4)ccc32)cc1.c1ccc(-n2c3ccccc3c3cc(-c4ccc5c(c4)c4ccccc4n5-c4ccc5sc6cccnc6c5n4)ccc32)cc1. The first kappa shape index (κ1) is 65.0. The number of hydrogen-bond donors (Lipinski definition) is 2. The van der Waals surface area contributed by atoms with Crippen LogP contribution in [0.2, 0.25) is 5.15 Å². The maximum Gasteiger partial charge on any atom is 1.00 e. The van der Waals surface area contributed by atoms with Gasteiger partial charge in [-0.25, -0.2) is 9.97 Å². The molecule has 14 heteroatoms. The zero-order chi connectivity index (χ0) is 66.6. The van der Waals surface area contributed by atoms with Gasteiger partial charge in [0.2, 0.25) is 0 Å². The van der Waals surface area contributed by atoms with Crippen LogP contribution in [0.3, 0.4) is 0 Å². The van der Waals surface area contributed by atoms with Crippen LogP contribution >= 0.6 is 46.9 Å². The van der Waals surface area contributed by atoms with E-state index in [1.165, 1.54) is 110 Å². The summed E-state index contributed by atoms with van der Waals surface area (Å²) in [6.45, 7) is 4.90. The summed E-state index contributed by atoms with van der Waals surface area (Å²) >= 11 is 12.8. The Morgan fingerprint density at radius 1 is 0.354 bits per heavy atom. The number of para-hydroxylation sites is 6. The van der Waals surface area contributed by atoms with Crippen LogP contribution in [0, 0.1) is 0 Å². The second kappa shape index (κ2) is 27.4. The van der Waals surface area contributed by atoms with Crippen LogP contribution in [0.15, 0.2) is 291 Å². The van der Waals surface area contributed by atoms with Crippen molar-refractivity contribution in [1.29, 1.82) is 0 Å². The van der Waals surface area contributed by atoms with E-state index in [2.05, 4.69) is 295 Å². The summed E-state index contributed by atoms with van der Waals surface area (Å²) < 4.78 is 11.6. The summed E-state index contributed by atoms with van der Waals surface area (Å²) in [6, 6.07) is 99.2. The smallest absolute Gasteiger partial charge is 0.850 e. The number of halogens is 1. The molecule has 10 heterocycles. The molecule has 10 aromatic carbocycles. The Morgan fingerprint density at radius 2 is 0.717 bits per heavy atom. The first-order valence-electron chi connectivity index (χ1n) is 32.3. The van der Waals surface area contributed by atoms with Gasteiger partial charge in [0.25, 0.3) is 0 Å². The van der Waals surface area contributed by atoms with Gasteiger partial charge in [-0.1, -0.05) is 166 Å². The number of aromatic amines is 1. The second-order valence-electron chi connectivity index (χ2n) is 24.9. The first-order chi connectivity index (χ1) is 48.0. The van der Waals surface area contributed by atoms with Crippen LogP contribution < -0.4 is 34.7 Å². The molecule has 0 aliphatic rings. The minimum Gasteiger partial charge on any atom is -0.850 e. The molecule has 0 bridgehead atoms. The number of nitrogens with zero attached hydrogens (tertiary/aromatic N) is 7. The third kappa shape index (κ3) is 12.3. The first-order valence-corrected chi connectivity index (χ1v) is 35.2. The van der Waals surface area contributed by atoms with Gasteiger partial charge < -0.3 is 19.2 Å². The van der Waals surface area contributed by atoms with Crippen molar-refractivity contribution in [3.05, 3.63) is 297 Å². The fourth-order valence-corrected chi connectivity index (χ4v) is 15.6. The number of fused-ring (bicyclic) bond motifs is 18. The van der Waals surface area contributed by atoms with Gasteiger partial charge in [-0.2, -0.15) is 12.6 Å². The number of rotatable bonds is 5. The Morgan fingerprint density at radius 3 is 1.21 bits per heavy atom. The number of pyridine rings is 4. The topological polar surface area (TPSA) is 105 Å². The molecule has 1 N–H and O–H groups in total. The molecule has 20 aromatic rings. The molecule has 0 radical (unpaired) electrons. The normalized spacial score (nSPS) is 11.5.